The molecule has 2 aromatic rings. The molecule has 1 amide bonds. The average Bonchev–Trinajstić information content (AvgIpc) is 2.80. The van der Waals surface area contributed by atoms with Crippen LogP contribution >= 0.6 is 0 Å². The molecule has 1 heterocycles. The number of amides is 1. The second kappa shape index (κ2) is 5.38. The highest BCUT2D eigenvalue weighted by atomic mass is 16.2. The molecule has 0 aliphatic carbocycles. The van der Waals surface area contributed by atoms with E-state index in [1.54, 1.807) is 6.07 Å². The number of nitrogens with one attached hydrogen (secondary N) is 1. The molecule has 0 fully saturated rings. The maximum absolute atomic E-state index is 12.1. The van der Waals surface area contributed by atoms with E-state index >= 15 is 0 Å². The largest absolute Gasteiger partial charge is 0.350 e. The summed E-state index contributed by atoms with van der Waals surface area (Å²) < 4.78 is 1.90. The van der Waals surface area contributed by atoms with E-state index in [0.29, 0.717) is 12.1 Å². The van der Waals surface area contributed by atoms with Crippen molar-refractivity contribution in [3.05, 3.63) is 36.0 Å². The summed E-state index contributed by atoms with van der Waals surface area (Å²) in [4.78, 5) is 12.1. The highest BCUT2D eigenvalue weighted by Crippen LogP contribution is 2.17. The summed E-state index contributed by atoms with van der Waals surface area (Å²) in [6.07, 6.45) is 2.76. The smallest absolute Gasteiger partial charge is 0.240 e. The van der Waals surface area contributed by atoms with Crippen LogP contribution in [0.5, 0.6) is 0 Å². The molecule has 0 radical (unpaired) electrons. The highest BCUT2D eigenvalue weighted by Gasteiger charge is 2.18. The Kier molecular flexibility index (Phi) is 3.80. The van der Waals surface area contributed by atoms with Crippen molar-refractivity contribution in [2.75, 3.05) is 0 Å². The lowest BCUT2D eigenvalue weighted by atomic mass is 10.0. The van der Waals surface area contributed by atoms with Gasteiger partial charge < -0.3 is 9.88 Å². The number of fused-ring (bicyclic) bond motifs is 1. The van der Waals surface area contributed by atoms with Crippen molar-refractivity contribution in [1.82, 2.24) is 9.88 Å². The number of nitrogens with zero attached hydrogens (tertiary/aromatic N) is 2. The lowest BCUT2D eigenvalue weighted by Gasteiger charge is -2.24. The molecule has 0 spiro atoms. The summed E-state index contributed by atoms with van der Waals surface area (Å²) >= 11 is 0. The van der Waals surface area contributed by atoms with E-state index in [-0.39, 0.29) is 11.4 Å². The summed E-state index contributed by atoms with van der Waals surface area (Å²) in [5.74, 6) is -0.00119. The molecule has 1 aromatic heterocycles. The number of carbonyl (C=O) groups excluding carboxylic acids is 1. The van der Waals surface area contributed by atoms with Gasteiger partial charge in [-0.3, -0.25) is 4.79 Å². The summed E-state index contributed by atoms with van der Waals surface area (Å²) in [5.41, 5.74) is 1.41. The zero-order valence-corrected chi connectivity index (χ0v) is 12.1. The van der Waals surface area contributed by atoms with Gasteiger partial charge in [0, 0.05) is 22.6 Å². The number of nitriles is 1. The Morgan fingerprint density at radius 3 is 2.80 bits per heavy atom. The average molecular weight is 269 g/mol. The molecule has 4 heteroatoms. The van der Waals surface area contributed by atoms with Crippen molar-refractivity contribution in [2.45, 2.75) is 39.3 Å². The van der Waals surface area contributed by atoms with Crippen LogP contribution < -0.4 is 5.32 Å². The SMILES string of the molecule is CCC(C)(C)NC(=O)Cn1ccc2cc(C#N)ccc21. The molecule has 0 atom stereocenters. The van der Waals surface area contributed by atoms with Crippen LogP contribution in [0.4, 0.5) is 0 Å². The second-order valence-corrected chi connectivity index (χ2v) is 5.61. The Labute approximate surface area is 119 Å². The van der Waals surface area contributed by atoms with Crippen molar-refractivity contribution in [1.29, 1.82) is 5.26 Å². The summed E-state index contributed by atoms with van der Waals surface area (Å²) in [7, 11) is 0. The predicted molar refractivity (Wildman–Crippen MR) is 79.2 cm³/mol. The molecule has 0 bridgehead atoms. The Balaban J connectivity index is 2.19. The van der Waals surface area contributed by atoms with Crippen LogP contribution in [0.25, 0.3) is 10.9 Å². The minimum absolute atomic E-state index is 0.00119. The first-order chi connectivity index (χ1) is 9.45. The van der Waals surface area contributed by atoms with Crippen molar-refractivity contribution >= 4 is 16.8 Å². The van der Waals surface area contributed by atoms with Crippen LogP contribution in [0.2, 0.25) is 0 Å². The summed E-state index contributed by atoms with van der Waals surface area (Å²) in [5, 5.41) is 12.9. The van der Waals surface area contributed by atoms with Crippen LogP contribution in [0.3, 0.4) is 0 Å². The highest BCUT2D eigenvalue weighted by molar-refractivity contribution is 5.84. The first kappa shape index (κ1) is 14.1. The van der Waals surface area contributed by atoms with Crippen LogP contribution in [0.15, 0.2) is 30.5 Å². The van der Waals surface area contributed by atoms with E-state index in [1.165, 1.54) is 0 Å². The molecule has 0 aliphatic heterocycles. The Morgan fingerprint density at radius 1 is 1.40 bits per heavy atom. The number of hydrogen-bond acceptors (Lipinski definition) is 2. The molecular formula is C16H19N3O. The lowest BCUT2D eigenvalue weighted by molar-refractivity contribution is -0.123. The third-order valence-corrected chi connectivity index (χ3v) is 3.58. The Morgan fingerprint density at radius 2 is 2.15 bits per heavy atom. The quantitative estimate of drug-likeness (QED) is 0.927. The monoisotopic (exact) mass is 269 g/mol. The minimum atomic E-state index is -0.186. The Hall–Kier alpha value is -2.28. The molecule has 20 heavy (non-hydrogen) atoms. The maximum Gasteiger partial charge on any atom is 0.240 e. The van der Waals surface area contributed by atoms with Crippen LogP contribution in [0.1, 0.15) is 32.8 Å². The van der Waals surface area contributed by atoms with Crippen molar-refractivity contribution in [3.8, 4) is 6.07 Å². The lowest BCUT2D eigenvalue weighted by Crippen LogP contribution is -2.44. The van der Waals surface area contributed by atoms with Crippen molar-refractivity contribution in [2.24, 2.45) is 0 Å². The van der Waals surface area contributed by atoms with Crippen LogP contribution in [-0.4, -0.2) is 16.0 Å². The molecule has 1 N–H and O–H groups in total. The van der Waals surface area contributed by atoms with Crippen molar-refractivity contribution in [3.63, 3.8) is 0 Å². The zero-order valence-electron chi connectivity index (χ0n) is 12.1. The van der Waals surface area contributed by atoms with Gasteiger partial charge >= 0.3 is 0 Å². The van der Waals surface area contributed by atoms with Gasteiger partial charge in [-0.25, -0.2) is 0 Å². The number of hydrogen-bond donors (Lipinski definition) is 1. The van der Waals surface area contributed by atoms with Gasteiger partial charge in [-0.15, -0.1) is 0 Å². The molecule has 0 saturated heterocycles. The van der Waals surface area contributed by atoms with Gasteiger partial charge in [-0.2, -0.15) is 5.26 Å². The van der Waals surface area contributed by atoms with E-state index in [4.69, 9.17) is 5.26 Å². The Bertz CT molecular complexity index is 677. The molecule has 2 rings (SSSR count). The van der Waals surface area contributed by atoms with E-state index in [0.717, 1.165) is 17.3 Å². The van der Waals surface area contributed by atoms with Crippen LogP contribution in [0, 0.1) is 11.3 Å². The van der Waals surface area contributed by atoms with Gasteiger partial charge in [0.25, 0.3) is 0 Å². The summed E-state index contributed by atoms with van der Waals surface area (Å²) in [6.45, 7) is 6.36. The fourth-order valence-electron chi connectivity index (χ4n) is 2.07. The number of aromatic nitrogens is 1. The molecule has 104 valence electrons. The van der Waals surface area contributed by atoms with Gasteiger partial charge in [0.15, 0.2) is 0 Å². The zero-order chi connectivity index (χ0) is 14.8. The first-order valence-corrected chi connectivity index (χ1v) is 6.75. The topological polar surface area (TPSA) is 57.8 Å². The molecular weight excluding hydrogens is 250 g/mol. The molecule has 0 saturated carbocycles. The second-order valence-electron chi connectivity index (χ2n) is 5.61. The van der Waals surface area contributed by atoms with E-state index < -0.39 is 0 Å². The number of benzene rings is 1. The summed E-state index contributed by atoms with van der Waals surface area (Å²) in [6, 6.07) is 9.53. The van der Waals surface area contributed by atoms with Gasteiger partial charge in [0.2, 0.25) is 5.91 Å². The molecule has 1 aromatic carbocycles. The van der Waals surface area contributed by atoms with Gasteiger partial charge in [-0.05, 0) is 44.5 Å². The van der Waals surface area contributed by atoms with E-state index in [9.17, 15) is 4.79 Å². The fraction of sp³-hybridized carbons (Fsp3) is 0.375. The van der Waals surface area contributed by atoms with Gasteiger partial charge in [0.1, 0.15) is 6.54 Å². The third kappa shape index (κ3) is 3.00. The third-order valence-electron chi connectivity index (χ3n) is 3.58. The maximum atomic E-state index is 12.1. The van der Waals surface area contributed by atoms with Gasteiger partial charge in [-0.1, -0.05) is 6.92 Å². The van der Waals surface area contributed by atoms with Crippen LogP contribution in [-0.2, 0) is 11.3 Å². The molecule has 0 unspecified atom stereocenters. The fourth-order valence-corrected chi connectivity index (χ4v) is 2.07. The first-order valence-electron chi connectivity index (χ1n) is 6.75. The predicted octanol–water partition coefficient (Wildman–Crippen LogP) is 2.82. The number of carbonyl (C=O) groups is 1. The van der Waals surface area contributed by atoms with E-state index in [2.05, 4.69) is 18.3 Å². The normalized spacial score (nSPS) is 11.3. The minimum Gasteiger partial charge on any atom is -0.350 e. The number of rotatable bonds is 4. The van der Waals surface area contributed by atoms with Gasteiger partial charge in [0.05, 0.1) is 11.6 Å². The molecule has 0 aliphatic rings. The van der Waals surface area contributed by atoms with E-state index in [1.807, 2.05) is 42.8 Å². The molecule has 4 nitrogen and oxygen atoms in total. The van der Waals surface area contributed by atoms with Crippen molar-refractivity contribution < 1.29 is 4.79 Å². The standard InChI is InChI=1S/C16H19N3O/c1-4-16(2,3)18-15(20)11-19-8-7-13-9-12(10-17)5-6-14(13)19/h5-9H,4,11H2,1-3H3,(H,18,20).